The van der Waals surface area contributed by atoms with Crippen LogP contribution in [0.4, 0.5) is 4.39 Å². The summed E-state index contributed by atoms with van der Waals surface area (Å²) in [6.45, 7) is 1.66. The SMILES string of the molecule is Cc1c(C(=O)O[C@H](C(=O)NC2CC2)c2ccccc2)oc2ccc(F)cc12. The fraction of sp³-hybridized carbons (Fsp3) is 0.238. The highest BCUT2D eigenvalue weighted by atomic mass is 19.1. The van der Waals surface area contributed by atoms with Crippen molar-refractivity contribution in [1.82, 2.24) is 5.32 Å². The Morgan fingerprint density at radius 1 is 1.19 bits per heavy atom. The molecule has 27 heavy (non-hydrogen) atoms. The molecule has 1 saturated carbocycles. The van der Waals surface area contributed by atoms with Gasteiger partial charge in [-0.25, -0.2) is 9.18 Å². The first kappa shape index (κ1) is 17.3. The van der Waals surface area contributed by atoms with Crippen LogP contribution in [0, 0.1) is 12.7 Å². The first-order valence-corrected chi connectivity index (χ1v) is 8.78. The van der Waals surface area contributed by atoms with Gasteiger partial charge in [0.15, 0.2) is 0 Å². The predicted octanol–water partition coefficient (Wildman–Crippen LogP) is 4.06. The summed E-state index contributed by atoms with van der Waals surface area (Å²) >= 11 is 0. The summed E-state index contributed by atoms with van der Waals surface area (Å²) in [7, 11) is 0. The molecule has 6 heteroatoms. The minimum absolute atomic E-state index is 0.0317. The number of rotatable bonds is 5. The second kappa shape index (κ2) is 6.87. The zero-order chi connectivity index (χ0) is 19.0. The summed E-state index contributed by atoms with van der Waals surface area (Å²) in [4.78, 5) is 25.3. The fourth-order valence-electron chi connectivity index (χ4n) is 2.95. The molecule has 1 heterocycles. The Morgan fingerprint density at radius 3 is 2.63 bits per heavy atom. The topological polar surface area (TPSA) is 68.5 Å². The zero-order valence-corrected chi connectivity index (χ0v) is 14.7. The molecule has 1 aromatic heterocycles. The van der Waals surface area contributed by atoms with Crippen molar-refractivity contribution in [2.24, 2.45) is 0 Å². The molecular weight excluding hydrogens is 349 g/mol. The molecule has 1 N–H and O–H groups in total. The minimum Gasteiger partial charge on any atom is -0.449 e. The summed E-state index contributed by atoms with van der Waals surface area (Å²) in [5, 5.41) is 3.36. The van der Waals surface area contributed by atoms with Crippen molar-refractivity contribution in [2.45, 2.75) is 31.9 Å². The Balaban J connectivity index is 1.63. The monoisotopic (exact) mass is 367 g/mol. The molecule has 1 atom stereocenters. The van der Waals surface area contributed by atoms with E-state index in [-0.39, 0.29) is 17.7 Å². The highest BCUT2D eigenvalue weighted by Crippen LogP contribution is 2.29. The number of halogens is 1. The highest BCUT2D eigenvalue weighted by molar-refractivity contribution is 5.97. The van der Waals surface area contributed by atoms with Gasteiger partial charge in [0.1, 0.15) is 11.4 Å². The van der Waals surface area contributed by atoms with E-state index in [1.165, 1.54) is 18.2 Å². The van der Waals surface area contributed by atoms with Crippen molar-refractivity contribution in [3.63, 3.8) is 0 Å². The van der Waals surface area contributed by atoms with Crippen LogP contribution in [0.3, 0.4) is 0 Å². The summed E-state index contributed by atoms with van der Waals surface area (Å²) < 4.78 is 24.5. The predicted molar refractivity (Wildman–Crippen MR) is 96.7 cm³/mol. The second-order valence-corrected chi connectivity index (χ2v) is 6.68. The number of ether oxygens (including phenoxy) is 1. The van der Waals surface area contributed by atoms with Gasteiger partial charge in [-0.05, 0) is 38.0 Å². The van der Waals surface area contributed by atoms with E-state index in [1.807, 2.05) is 6.07 Å². The summed E-state index contributed by atoms with van der Waals surface area (Å²) in [6, 6.07) is 13.0. The molecule has 2 aromatic carbocycles. The molecule has 0 aliphatic heterocycles. The lowest BCUT2D eigenvalue weighted by Crippen LogP contribution is -2.33. The molecule has 1 amide bonds. The van der Waals surface area contributed by atoms with Gasteiger partial charge in [-0.1, -0.05) is 30.3 Å². The molecule has 0 bridgehead atoms. The van der Waals surface area contributed by atoms with Gasteiger partial charge in [0.2, 0.25) is 11.9 Å². The van der Waals surface area contributed by atoms with Crippen LogP contribution in [0.2, 0.25) is 0 Å². The maximum absolute atomic E-state index is 13.5. The van der Waals surface area contributed by atoms with E-state index in [2.05, 4.69) is 5.32 Å². The van der Waals surface area contributed by atoms with E-state index >= 15 is 0 Å². The smallest absolute Gasteiger partial charge is 0.375 e. The van der Waals surface area contributed by atoms with Crippen LogP contribution in [-0.4, -0.2) is 17.9 Å². The maximum Gasteiger partial charge on any atom is 0.375 e. The molecule has 1 aliphatic rings. The van der Waals surface area contributed by atoms with E-state index in [4.69, 9.17) is 9.15 Å². The quantitative estimate of drug-likeness (QED) is 0.691. The standard InChI is InChI=1S/C21H18FNO4/c1-12-16-11-14(22)7-10-17(16)26-18(12)21(25)27-19(13-5-3-2-4-6-13)20(24)23-15-8-9-15/h2-7,10-11,15,19H,8-9H2,1H3,(H,23,24)/t19-/m0/s1. The number of furan rings is 1. The summed E-state index contributed by atoms with van der Waals surface area (Å²) in [5.74, 6) is -1.58. The zero-order valence-electron chi connectivity index (χ0n) is 14.7. The van der Waals surface area contributed by atoms with E-state index in [0.29, 0.717) is 22.1 Å². The molecule has 138 valence electrons. The van der Waals surface area contributed by atoms with Crippen LogP contribution >= 0.6 is 0 Å². The van der Waals surface area contributed by atoms with Crippen LogP contribution in [0.1, 0.15) is 40.6 Å². The molecule has 1 fully saturated rings. The van der Waals surface area contributed by atoms with Crippen LogP contribution in [0.15, 0.2) is 52.9 Å². The first-order valence-electron chi connectivity index (χ1n) is 8.78. The number of nitrogens with one attached hydrogen (secondary N) is 1. The number of benzene rings is 2. The minimum atomic E-state index is -1.08. The van der Waals surface area contributed by atoms with E-state index in [0.717, 1.165) is 12.8 Å². The van der Waals surface area contributed by atoms with E-state index < -0.39 is 17.9 Å². The van der Waals surface area contributed by atoms with Gasteiger partial charge >= 0.3 is 5.97 Å². The first-order chi connectivity index (χ1) is 13.0. The van der Waals surface area contributed by atoms with Gasteiger partial charge < -0.3 is 14.5 Å². The van der Waals surface area contributed by atoms with Gasteiger partial charge in [-0.2, -0.15) is 0 Å². The third-order valence-electron chi connectivity index (χ3n) is 4.57. The van der Waals surface area contributed by atoms with E-state index in [1.54, 1.807) is 31.2 Å². The van der Waals surface area contributed by atoms with Crippen molar-refractivity contribution in [1.29, 1.82) is 0 Å². The van der Waals surface area contributed by atoms with Crippen LogP contribution in [-0.2, 0) is 9.53 Å². The van der Waals surface area contributed by atoms with Gasteiger partial charge in [0.05, 0.1) is 0 Å². The lowest BCUT2D eigenvalue weighted by molar-refractivity contribution is -0.130. The number of aryl methyl sites for hydroxylation is 1. The van der Waals surface area contributed by atoms with Gasteiger partial charge in [0, 0.05) is 22.6 Å². The number of hydrogen-bond acceptors (Lipinski definition) is 4. The lowest BCUT2D eigenvalue weighted by Gasteiger charge is -2.17. The van der Waals surface area contributed by atoms with Crippen molar-refractivity contribution in [3.8, 4) is 0 Å². The van der Waals surface area contributed by atoms with Crippen molar-refractivity contribution in [2.75, 3.05) is 0 Å². The van der Waals surface area contributed by atoms with Crippen LogP contribution in [0.5, 0.6) is 0 Å². The Hall–Kier alpha value is -3.15. The maximum atomic E-state index is 13.5. The third-order valence-corrected chi connectivity index (χ3v) is 4.57. The largest absolute Gasteiger partial charge is 0.449 e. The molecule has 5 nitrogen and oxygen atoms in total. The molecule has 3 aromatic rings. The summed E-state index contributed by atoms with van der Waals surface area (Å²) in [5.41, 5.74) is 1.44. The number of hydrogen-bond donors (Lipinski definition) is 1. The summed E-state index contributed by atoms with van der Waals surface area (Å²) in [6.07, 6.45) is 0.772. The average Bonchev–Trinajstić information content (AvgIpc) is 3.42. The van der Waals surface area contributed by atoms with Gasteiger partial charge in [-0.15, -0.1) is 0 Å². The Bertz CT molecular complexity index is 1010. The number of esters is 1. The van der Waals surface area contributed by atoms with Crippen molar-refractivity contribution in [3.05, 3.63) is 71.2 Å². The van der Waals surface area contributed by atoms with Gasteiger partial charge in [0.25, 0.3) is 5.91 Å². The van der Waals surface area contributed by atoms with Crippen molar-refractivity contribution < 1.29 is 23.1 Å². The average molecular weight is 367 g/mol. The fourth-order valence-corrected chi connectivity index (χ4v) is 2.95. The van der Waals surface area contributed by atoms with Crippen LogP contribution in [0.25, 0.3) is 11.0 Å². The number of amides is 1. The van der Waals surface area contributed by atoms with Crippen LogP contribution < -0.4 is 5.32 Å². The molecule has 0 unspecified atom stereocenters. The Kier molecular flexibility index (Phi) is 4.39. The molecule has 0 saturated heterocycles. The molecule has 0 radical (unpaired) electrons. The normalized spacial score (nSPS) is 14.7. The number of carbonyl (C=O) groups excluding carboxylic acids is 2. The Morgan fingerprint density at radius 2 is 1.93 bits per heavy atom. The van der Waals surface area contributed by atoms with E-state index in [9.17, 15) is 14.0 Å². The van der Waals surface area contributed by atoms with Gasteiger partial charge in [-0.3, -0.25) is 4.79 Å². The molecule has 4 rings (SSSR count). The molecular formula is C21H18FNO4. The third kappa shape index (κ3) is 3.56. The Labute approximate surface area is 155 Å². The molecule has 0 spiro atoms. The number of fused-ring (bicyclic) bond motifs is 1. The van der Waals surface area contributed by atoms with Crippen molar-refractivity contribution >= 4 is 22.8 Å². The highest BCUT2D eigenvalue weighted by Gasteiger charge is 2.32. The molecule has 1 aliphatic carbocycles. The second-order valence-electron chi connectivity index (χ2n) is 6.68. The lowest BCUT2D eigenvalue weighted by atomic mass is 10.1. The number of carbonyl (C=O) groups is 2.